The number of rotatable bonds is 7. The monoisotopic (exact) mass is 279 g/mol. The lowest BCUT2D eigenvalue weighted by Gasteiger charge is -2.24. The molecule has 0 unspecified atom stereocenters. The summed E-state index contributed by atoms with van der Waals surface area (Å²) in [6, 6.07) is 7.17. The van der Waals surface area contributed by atoms with E-state index in [2.05, 4.69) is 5.32 Å². The molecule has 0 fully saturated rings. The maximum atomic E-state index is 11.7. The van der Waals surface area contributed by atoms with Gasteiger partial charge in [-0.3, -0.25) is 4.79 Å². The van der Waals surface area contributed by atoms with E-state index in [9.17, 15) is 9.90 Å². The molecule has 4 nitrogen and oxygen atoms in total. The van der Waals surface area contributed by atoms with Crippen LogP contribution in [0.1, 0.15) is 52.2 Å². The van der Waals surface area contributed by atoms with Crippen LogP contribution >= 0.6 is 0 Å². The van der Waals surface area contributed by atoms with Crippen LogP contribution in [-0.4, -0.2) is 23.2 Å². The summed E-state index contributed by atoms with van der Waals surface area (Å²) in [5, 5.41) is 12.6. The average molecular weight is 279 g/mol. The van der Waals surface area contributed by atoms with Crippen molar-refractivity contribution in [2.45, 2.75) is 52.2 Å². The quantitative estimate of drug-likeness (QED) is 0.807. The minimum Gasteiger partial charge on any atom is -0.484 e. The van der Waals surface area contributed by atoms with E-state index in [1.54, 1.807) is 12.1 Å². The standard InChI is InChI=1S/C16H25NO3/c1-5-14(18)12-7-9-13(10-8-12)20-11-15(19)17-16(3,4)6-2/h7-10,14,18H,5-6,11H2,1-4H3,(H,17,19)/t14-/m0/s1. The predicted molar refractivity (Wildman–Crippen MR) is 79.7 cm³/mol. The van der Waals surface area contributed by atoms with Crippen LogP contribution < -0.4 is 10.1 Å². The normalized spacial score (nSPS) is 12.8. The number of aliphatic hydroxyl groups excluding tert-OH is 1. The van der Waals surface area contributed by atoms with E-state index < -0.39 is 6.10 Å². The van der Waals surface area contributed by atoms with E-state index in [1.807, 2.05) is 39.8 Å². The highest BCUT2D eigenvalue weighted by Gasteiger charge is 2.17. The lowest BCUT2D eigenvalue weighted by Crippen LogP contribution is -2.44. The first kappa shape index (κ1) is 16.5. The number of nitrogens with one attached hydrogen (secondary N) is 1. The first-order valence-electron chi connectivity index (χ1n) is 7.09. The number of amides is 1. The summed E-state index contributed by atoms with van der Waals surface area (Å²) in [5.74, 6) is 0.496. The fourth-order valence-corrected chi connectivity index (χ4v) is 1.67. The molecule has 0 aliphatic carbocycles. The lowest BCUT2D eigenvalue weighted by atomic mass is 10.0. The Hall–Kier alpha value is -1.55. The zero-order valence-electron chi connectivity index (χ0n) is 12.8. The number of hydrogen-bond donors (Lipinski definition) is 2. The van der Waals surface area contributed by atoms with Crippen molar-refractivity contribution in [3.8, 4) is 5.75 Å². The van der Waals surface area contributed by atoms with Crippen molar-refractivity contribution in [1.82, 2.24) is 5.32 Å². The van der Waals surface area contributed by atoms with E-state index in [-0.39, 0.29) is 18.1 Å². The topological polar surface area (TPSA) is 58.6 Å². The Labute approximate surface area is 121 Å². The first-order valence-corrected chi connectivity index (χ1v) is 7.09. The highest BCUT2D eigenvalue weighted by molar-refractivity contribution is 5.78. The molecule has 112 valence electrons. The SMILES string of the molecule is CC[C@H](O)c1ccc(OCC(=O)NC(C)(C)CC)cc1. The third-order valence-electron chi connectivity index (χ3n) is 3.38. The number of aliphatic hydroxyl groups is 1. The van der Waals surface area contributed by atoms with Gasteiger partial charge in [-0.2, -0.15) is 0 Å². The molecule has 1 atom stereocenters. The molecule has 0 aliphatic rings. The van der Waals surface area contributed by atoms with Crippen molar-refractivity contribution in [1.29, 1.82) is 0 Å². The Kier molecular flexibility index (Phi) is 6.02. The van der Waals surface area contributed by atoms with Crippen molar-refractivity contribution in [3.63, 3.8) is 0 Å². The van der Waals surface area contributed by atoms with E-state index in [4.69, 9.17) is 4.74 Å². The highest BCUT2D eigenvalue weighted by atomic mass is 16.5. The molecule has 1 aromatic carbocycles. The third kappa shape index (κ3) is 5.21. The molecule has 0 aromatic heterocycles. The van der Waals surface area contributed by atoms with E-state index >= 15 is 0 Å². The van der Waals surface area contributed by atoms with Crippen LogP contribution in [0.15, 0.2) is 24.3 Å². The predicted octanol–water partition coefficient (Wildman–Crippen LogP) is 2.81. The Balaban J connectivity index is 2.48. The average Bonchev–Trinajstić information content (AvgIpc) is 2.44. The highest BCUT2D eigenvalue weighted by Crippen LogP contribution is 2.19. The Bertz CT molecular complexity index is 426. The van der Waals surface area contributed by atoms with Gasteiger partial charge in [0.2, 0.25) is 0 Å². The number of ether oxygens (including phenoxy) is 1. The van der Waals surface area contributed by atoms with Crippen LogP contribution in [0.2, 0.25) is 0 Å². The van der Waals surface area contributed by atoms with Gasteiger partial charge < -0.3 is 15.2 Å². The molecule has 2 N–H and O–H groups in total. The van der Waals surface area contributed by atoms with Crippen molar-refractivity contribution >= 4 is 5.91 Å². The first-order chi connectivity index (χ1) is 9.38. The smallest absolute Gasteiger partial charge is 0.258 e. The largest absolute Gasteiger partial charge is 0.484 e. The van der Waals surface area contributed by atoms with Crippen LogP contribution in [0, 0.1) is 0 Å². The molecular weight excluding hydrogens is 254 g/mol. The van der Waals surface area contributed by atoms with E-state index in [0.717, 1.165) is 12.0 Å². The summed E-state index contributed by atoms with van der Waals surface area (Å²) in [6.07, 6.45) is 1.09. The molecule has 0 saturated heterocycles. The zero-order valence-corrected chi connectivity index (χ0v) is 12.8. The second kappa shape index (κ2) is 7.29. The van der Waals surface area contributed by atoms with Gasteiger partial charge in [0.25, 0.3) is 5.91 Å². The molecular formula is C16H25NO3. The Morgan fingerprint density at radius 1 is 1.30 bits per heavy atom. The molecule has 20 heavy (non-hydrogen) atoms. The van der Waals surface area contributed by atoms with Crippen LogP contribution in [0.25, 0.3) is 0 Å². The minimum atomic E-state index is -0.447. The molecule has 1 amide bonds. The summed E-state index contributed by atoms with van der Waals surface area (Å²) in [7, 11) is 0. The number of hydrogen-bond acceptors (Lipinski definition) is 3. The van der Waals surface area contributed by atoms with Crippen LogP contribution in [0.3, 0.4) is 0 Å². The van der Waals surface area contributed by atoms with Gasteiger partial charge in [-0.25, -0.2) is 0 Å². The summed E-state index contributed by atoms with van der Waals surface area (Å²) in [6.45, 7) is 7.91. The lowest BCUT2D eigenvalue weighted by molar-refractivity contribution is -0.124. The minimum absolute atomic E-state index is 0.000885. The van der Waals surface area contributed by atoms with Crippen LogP contribution in [-0.2, 0) is 4.79 Å². The van der Waals surface area contributed by atoms with Crippen LogP contribution in [0.5, 0.6) is 5.75 Å². The third-order valence-corrected chi connectivity index (χ3v) is 3.38. The maximum absolute atomic E-state index is 11.7. The van der Waals surface area contributed by atoms with Crippen molar-refractivity contribution in [2.24, 2.45) is 0 Å². The number of benzene rings is 1. The maximum Gasteiger partial charge on any atom is 0.258 e. The molecule has 1 rings (SSSR count). The second-order valence-corrected chi connectivity index (χ2v) is 5.57. The van der Waals surface area contributed by atoms with Crippen molar-refractivity contribution in [2.75, 3.05) is 6.61 Å². The van der Waals surface area contributed by atoms with Gasteiger partial charge in [-0.05, 0) is 44.4 Å². The van der Waals surface area contributed by atoms with Crippen molar-refractivity contribution in [3.05, 3.63) is 29.8 Å². The number of carbonyl (C=O) groups excluding carboxylic acids is 1. The van der Waals surface area contributed by atoms with Gasteiger partial charge in [0.05, 0.1) is 6.10 Å². The molecule has 0 bridgehead atoms. The van der Waals surface area contributed by atoms with Gasteiger partial charge in [0.15, 0.2) is 6.61 Å². The van der Waals surface area contributed by atoms with Gasteiger partial charge in [0.1, 0.15) is 5.75 Å². The molecule has 0 heterocycles. The van der Waals surface area contributed by atoms with Gasteiger partial charge >= 0.3 is 0 Å². The molecule has 0 aliphatic heterocycles. The molecule has 1 aromatic rings. The Morgan fingerprint density at radius 2 is 1.90 bits per heavy atom. The van der Waals surface area contributed by atoms with Crippen LogP contribution in [0.4, 0.5) is 0 Å². The molecule has 0 saturated carbocycles. The molecule has 0 radical (unpaired) electrons. The zero-order chi connectivity index (χ0) is 15.2. The van der Waals surface area contributed by atoms with E-state index in [1.165, 1.54) is 0 Å². The van der Waals surface area contributed by atoms with Gasteiger partial charge in [-0.1, -0.05) is 26.0 Å². The summed E-state index contributed by atoms with van der Waals surface area (Å²) in [4.78, 5) is 11.7. The summed E-state index contributed by atoms with van der Waals surface area (Å²) >= 11 is 0. The van der Waals surface area contributed by atoms with Gasteiger partial charge in [0, 0.05) is 5.54 Å². The molecule has 4 heteroatoms. The molecule has 0 spiro atoms. The second-order valence-electron chi connectivity index (χ2n) is 5.57. The van der Waals surface area contributed by atoms with Gasteiger partial charge in [-0.15, -0.1) is 0 Å². The summed E-state index contributed by atoms with van der Waals surface area (Å²) < 4.78 is 5.43. The fraction of sp³-hybridized carbons (Fsp3) is 0.562. The van der Waals surface area contributed by atoms with Crippen molar-refractivity contribution < 1.29 is 14.6 Å². The number of carbonyl (C=O) groups is 1. The van der Waals surface area contributed by atoms with E-state index in [0.29, 0.717) is 12.2 Å². The summed E-state index contributed by atoms with van der Waals surface area (Å²) in [5.41, 5.74) is 0.645. The fourth-order valence-electron chi connectivity index (χ4n) is 1.67. The Morgan fingerprint density at radius 3 is 2.40 bits per heavy atom.